The van der Waals surface area contributed by atoms with Gasteiger partial charge in [0.2, 0.25) is 5.78 Å². The third kappa shape index (κ3) is 1.47. The highest BCUT2D eigenvalue weighted by molar-refractivity contribution is 6.35. The van der Waals surface area contributed by atoms with E-state index in [2.05, 4.69) is 0 Å². The van der Waals surface area contributed by atoms with Crippen LogP contribution in [0.2, 0.25) is 5.02 Å². The normalized spacial score (nSPS) is 13.1. The summed E-state index contributed by atoms with van der Waals surface area (Å²) in [4.78, 5) is 24.6. The Labute approximate surface area is 112 Å². The van der Waals surface area contributed by atoms with Crippen molar-refractivity contribution in [3.05, 3.63) is 57.6 Å². The fourth-order valence-electron chi connectivity index (χ4n) is 2.22. The Balaban J connectivity index is 2.40. The highest BCUT2D eigenvalue weighted by atomic mass is 35.5. The van der Waals surface area contributed by atoms with Gasteiger partial charge in [-0.15, -0.1) is 0 Å². The lowest BCUT2D eigenvalue weighted by atomic mass is 9.83. The van der Waals surface area contributed by atoms with Crippen molar-refractivity contribution in [2.24, 2.45) is 0 Å². The first-order valence-corrected chi connectivity index (χ1v) is 5.83. The quantitative estimate of drug-likeness (QED) is 0.660. The molecule has 1 aliphatic rings. The number of carbonyl (C=O) groups excluding carboxylic acids is 2. The van der Waals surface area contributed by atoms with Gasteiger partial charge in [0.25, 0.3) is 0 Å². The molecule has 0 amide bonds. The second kappa shape index (κ2) is 3.83. The van der Waals surface area contributed by atoms with Crippen LogP contribution in [0.5, 0.6) is 11.5 Å². The van der Waals surface area contributed by atoms with Gasteiger partial charge in [-0.05, 0) is 18.2 Å². The molecule has 94 valence electrons. The average molecular weight is 275 g/mol. The van der Waals surface area contributed by atoms with Crippen molar-refractivity contribution in [1.29, 1.82) is 0 Å². The molecule has 1 aliphatic carbocycles. The number of rotatable bonds is 0. The van der Waals surface area contributed by atoms with Gasteiger partial charge in [0, 0.05) is 11.1 Å². The Morgan fingerprint density at radius 3 is 2.26 bits per heavy atom. The number of halogens is 1. The predicted molar refractivity (Wildman–Crippen MR) is 68.1 cm³/mol. The summed E-state index contributed by atoms with van der Waals surface area (Å²) in [5.74, 6) is -1.76. The molecule has 3 rings (SSSR count). The number of hydrogen-bond acceptors (Lipinski definition) is 4. The zero-order valence-electron chi connectivity index (χ0n) is 9.48. The van der Waals surface area contributed by atoms with Crippen LogP contribution in [0.1, 0.15) is 31.8 Å². The average Bonchev–Trinajstić information content (AvgIpc) is 2.39. The second-order valence-corrected chi connectivity index (χ2v) is 4.58. The monoisotopic (exact) mass is 274 g/mol. The van der Waals surface area contributed by atoms with Gasteiger partial charge in [0.05, 0.1) is 16.1 Å². The van der Waals surface area contributed by atoms with E-state index in [0.29, 0.717) is 0 Å². The molecule has 2 aromatic rings. The van der Waals surface area contributed by atoms with Gasteiger partial charge in [-0.1, -0.05) is 23.7 Å². The summed E-state index contributed by atoms with van der Waals surface area (Å²) in [6.45, 7) is 0. The molecule has 0 bridgehead atoms. The fraction of sp³-hybridized carbons (Fsp3) is 0. The highest BCUT2D eigenvalue weighted by Crippen LogP contribution is 2.39. The molecular weight excluding hydrogens is 268 g/mol. The number of phenols is 2. The van der Waals surface area contributed by atoms with E-state index in [1.807, 2.05) is 0 Å². The van der Waals surface area contributed by atoms with Crippen LogP contribution >= 0.6 is 11.6 Å². The van der Waals surface area contributed by atoms with E-state index in [4.69, 9.17) is 11.6 Å². The molecule has 0 unspecified atom stereocenters. The van der Waals surface area contributed by atoms with Crippen LogP contribution in [0.4, 0.5) is 0 Å². The van der Waals surface area contributed by atoms with E-state index in [-0.39, 0.29) is 33.0 Å². The fourth-order valence-corrected chi connectivity index (χ4v) is 2.38. The van der Waals surface area contributed by atoms with Gasteiger partial charge in [0.15, 0.2) is 5.78 Å². The molecule has 0 saturated carbocycles. The number of carbonyl (C=O) groups is 2. The van der Waals surface area contributed by atoms with E-state index in [0.717, 1.165) is 0 Å². The lowest BCUT2D eigenvalue weighted by molar-refractivity contribution is 0.0974. The lowest BCUT2D eigenvalue weighted by Gasteiger charge is -2.19. The van der Waals surface area contributed by atoms with Crippen molar-refractivity contribution in [3.8, 4) is 11.5 Å². The largest absolute Gasteiger partial charge is 0.507 e. The number of aromatic hydroxyl groups is 2. The van der Waals surface area contributed by atoms with Crippen LogP contribution < -0.4 is 0 Å². The molecule has 0 aromatic heterocycles. The summed E-state index contributed by atoms with van der Waals surface area (Å²) in [6, 6.07) is 7.01. The summed E-state index contributed by atoms with van der Waals surface area (Å²) in [7, 11) is 0. The van der Waals surface area contributed by atoms with Gasteiger partial charge in [-0.3, -0.25) is 9.59 Å². The van der Waals surface area contributed by atoms with Crippen molar-refractivity contribution >= 4 is 23.2 Å². The molecule has 19 heavy (non-hydrogen) atoms. The summed E-state index contributed by atoms with van der Waals surface area (Å²) in [5, 5.41) is 19.6. The van der Waals surface area contributed by atoms with Crippen LogP contribution in [0.25, 0.3) is 0 Å². The molecular formula is C14H7ClO4. The first-order chi connectivity index (χ1) is 9.02. The van der Waals surface area contributed by atoms with Gasteiger partial charge in [0.1, 0.15) is 11.5 Å². The molecule has 5 heteroatoms. The number of ketones is 2. The zero-order chi connectivity index (χ0) is 13.7. The minimum atomic E-state index is -0.609. The highest BCUT2D eigenvalue weighted by Gasteiger charge is 2.34. The maximum Gasteiger partial charge on any atom is 0.202 e. The summed E-state index contributed by atoms with van der Waals surface area (Å²) < 4.78 is 0. The van der Waals surface area contributed by atoms with Crippen molar-refractivity contribution < 1.29 is 19.8 Å². The molecule has 0 saturated heterocycles. The van der Waals surface area contributed by atoms with Crippen LogP contribution in [0.3, 0.4) is 0 Å². The second-order valence-electron chi connectivity index (χ2n) is 4.18. The topological polar surface area (TPSA) is 74.6 Å². The molecule has 0 heterocycles. The minimum Gasteiger partial charge on any atom is -0.507 e. The van der Waals surface area contributed by atoms with E-state index < -0.39 is 17.3 Å². The molecule has 0 radical (unpaired) electrons. The van der Waals surface area contributed by atoms with Gasteiger partial charge in [-0.25, -0.2) is 0 Å². The maximum absolute atomic E-state index is 12.3. The molecule has 2 aromatic carbocycles. The first kappa shape index (κ1) is 11.7. The minimum absolute atomic E-state index is 0.0150. The van der Waals surface area contributed by atoms with E-state index in [1.165, 1.54) is 30.3 Å². The first-order valence-electron chi connectivity index (χ1n) is 5.45. The number of hydrogen-bond donors (Lipinski definition) is 2. The van der Waals surface area contributed by atoms with Gasteiger partial charge >= 0.3 is 0 Å². The number of phenolic OH excluding ortho intramolecular Hbond substituents is 2. The Kier molecular flexibility index (Phi) is 2.37. The number of benzene rings is 2. The lowest BCUT2D eigenvalue weighted by Crippen LogP contribution is -2.21. The summed E-state index contributed by atoms with van der Waals surface area (Å²) >= 11 is 5.75. The van der Waals surface area contributed by atoms with Crippen molar-refractivity contribution in [2.45, 2.75) is 0 Å². The molecule has 0 spiro atoms. The maximum atomic E-state index is 12.3. The van der Waals surface area contributed by atoms with E-state index in [1.54, 1.807) is 0 Å². The molecule has 0 fully saturated rings. The van der Waals surface area contributed by atoms with Crippen molar-refractivity contribution in [2.75, 3.05) is 0 Å². The van der Waals surface area contributed by atoms with Crippen LogP contribution in [0, 0.1) is 0 Å². The van der Waals surface area contributed by atoms with Gasteiger partial charge < -0.3 is 10.2 Å². The third-order valence-corrected chi connectivity index (χ3v) is 3.42. The number of fused-ring (bicyclic) bond motifs is 2. The zero-order valence-corrected chi connectivity index (χ0v) is 10.2. The molecule has 4 nitrogen and oxygen atoms in total. The summed E-state index contributed by atoms with van der Waals surface area (Å²) in [5.41, 5.74) is -0.0479. The molecule has 2 N–H and O–H groups in total. The SMILES string of the molecule is O=C1c2cccc(O)c2C(=O)c2c1ccc(Cl)c2O. The smallest absolute Gasteiger partial charge is 0.202 e. The summed E-state index contributed by atoms with van der Waals surface area (Å²) in [6.07, 6.45) is 0. The predicted octanol–water partition coefficient (Wildman–Crippen LogP) is 2.53. The Bertz CT molecular complexity index is 749. The Morgan fingerprint density at radius 1 is 0.842 bits per heavy atom. The van der Waals surface area contributed by atoms with E-state index >= 15 is 0 Å². The van der Waals surface area contributed by atoms with Crippen molar-refractivity contribution in [3.63, 3.8) is 0 Å². The van der Waals surface area contributed by atoms with E-state index in [9.17, 15) is 19.8 Å². The van der Waals surface area contributed by atoms with Crippen LogP contribution in [-0.4, -0.2) is 21.8 Å². The Morgan fingerprint density at radius 2 is 1.53 bits per heavy atom. The third-order valence-electron chi connectivity index (χ3n) is 3.11. The molecule has 0 atom stereocenters. The molecule has 0 aliphatic heterocycles. The van der Waals surface area contributed by atoms with Crippen LogP contribution in [-0.2, 0) is 0 Å². The van der Waals surface area contributed by atoms with Crippen molar-refractivity contribution in [1.82, 2.24) is 0 Å². The standard InChI is InChI=1S/C14H7ClO4/c15-8-5-4-7-11(13(8)18)14(19)10-6(12(7)17)2-1-3-9(10)16/h1-5,16,18H. The van der Waals surface area contributed by atoms with Crippen LogP contribution in [0.15, 0.2) is 30.3 Å². The Hall–Kier alpha value is -2.33. The van der Waals surface area contributed by atoms with Gasteiger partial charge in [-0.2, -0.15) is 0 Å².